The lowest BCUT2D eigenvalue weighted by molar-refractivity contribution is 0.582. The van der Waals surface area contributed by atoms with E-state index in [4.69, 9.17) is 23.2 Å². The summed E-state index contributed by atoms with van der Waals surface area (Å²) in [5.74, 6) is 0. The summed E-state index contributed by atoms with van der Waals surface area (Å²) in [6, 6.07) is 6.76. The zero-order valence-electron chi connectivity index (χ0n) is 13.5. The number of aromatic nitrogens is 2. The van der Waals surface area contributed by atoms with Gasteiger partial charge in [0.05, 0.1) is 27.6 Å². The van der Waals surface area contributed by atoms with Gasteiger partial charge < -0.3 is 0 Å². The van der Waals surface area contributed by atoms with Crippen molar-refractivity contribution in [1.82, 2.24) is 9.78 Å². The first-order chi connectivity index (χ1) is 12.6. The van der Waals surface area contributed by atoms with E-state index in [9.17, 15) is 16.8 Å². The van der Waals surface area contributed by atoms with Crippen LogP contribution in [0, 0.1) is 0 Å². The smallest absolute Gasteiger partial charge is 0.277 e. The van der Waals surface area contributed by atoms with E-state index in [0.29, 0.717) is 0 Å². The van der Waals surface area contributed by atoms with Gasteiger partial charge in [0.2, 0.25) is 0 Å². The van der Waals surface area contributed by atoms with E-state index >= 15 is 0 Å². The average Bonchev–Trinajstić information content (AvgIpc) is 3.23. The summed E-state index contributed by atoms with van der Waals surface area (Å²) >= 11 is 13.0. The molecule has 0 unspecified atom stereocenters. The first kappa shape index (κ1) is 20.0. The van der Waals surface area contributed by atoms with Crippen LogP contribution in [-0.2, 0) is 27.1 Å². The number of nitrogens with zero attached hydrogens (tertiary/aromatic N) is 2. The van der Waals surface area contributed by atoms with Gasteiger partial charge in [0, 0.05) is 7.05 Å². The zero-order chi connectivity index (χ0) is 19.8. The Balaban J connectivity index is 2.03. The third-order valence-corrected chi connectivity index (χ3v) is 8.29. The molecule has 0 atom stereocenters. The number of aryl methyl sites for hydroxylation is 1. The Morgan fingerprint density at radius 2 is 1.59 bits per heavy atom. The SMILES string of the molecule is Cn1nccc1S(=O)(=O)Nc1cc(Cl)c(Cl)cc1NS(=O)(=O)c1cccs1. The molecule has 2 N–H and O–H groups in total. The molecule has 0 spiro atoms. The Morgan fingerprint density at radius 3 is 2.07 bits per heavy atom. The highest BCUT2D eigenvalue weighted by Crippen LogP contribution is 2.35. The number of sulfonamides is 2. The number of rotatable bonds is 6. The molecule has 0 saturated carbocycles. The fraction of sp³-hybridized carbons (Fsp3) is 0.0714. The Hall–Kier alpha value is -1.79. The number of halogens is 2. The summed E-state index contributed by atoms with van der Waals surface area (Å²) in [6.07, 6.45) is 1.32. The quantitative estimate of drug-likeness (QED) is 0.578. The fourth-order valence-electron chi connectivity index (χ4n) is 2.15. The standard InChI is InChI=1S/C14H12Cl2N4O4S3/c1-20-13(4-5-17-20)26(21,22)18-11-7-9(15)10(16)8-12(11)19-27(23,24)14-3-2-6-25-14/h2-8,18-19H,1H3. The number of hydrogen-bond donors (Lipinski definition) is 2. The van der Waals surface area contributed by atoms with Gasteiger partial charge in [-0.1, -0.05) is 29.3 Å². The number of benzene rings is 1. The third kappa shape index (κ3) is 4.22. The summed E-state index contributed by atoms with van der Waals surface area (Å²) in [4.78, 5) is 0. The van der Waals surface area contributed by atoms with Crippen molar-refractivity contribution in [2.24, 2.45) is 7.05 Å². The molecule has 3 aromatic rings. The van der Waals surface area contributed by atoms with Gasteiger partial charge in [-0.05, 0) is 29.6 Å². The first-order valence-electron chi connectivity index (χ1n) is 7.16. The highest BCUT2D eigenvalue weighted by Gasteiger charge is 2.23. The summed E-state index contributed by atoms with van der Waals surface area (Å²) in [7, 11) is -6.51. The zero-order valence-corrected chi connectivity index (χ0v) is 17.5. The third-order valence-electron chi connectivity index (χ3n) is 3.36. The summed E-state index contributed by atoms with van der Waals surface area (Å²) in [5.41, 5.74) is -0.144. The van der Waals surface area contributed by atoms with Gasteiger partial charge in [0.1, 0.15) is 4.21 Å². The minimum absolute atomic E-state index is 0.0541. The lowest BCUT2D eigenvalue weighted by atomic mass is 10.3. The van der Waals surface area contributed by atoms with Crippen LogP contribution in [0.1, 0.15) is 0 Å². The van der Waals surface area contributed by atoms with Crippen molar-refractivity contribution in [2.45, 2.75) is 9.24 Å². The van der Waals surface area contributed by atoms with Crippen LogP contribution >= 0.6 is 34.5 Å². The number of nitrogens with one attached hydrogen (secondary N) is 2. The minimum Gasteiger partial charge on any atom is -0.277 e. The number of hydrogen-bond acceptors (Lipinski definition) is 6. The van der Waals surface area contributed by atoms with Crippen molar-refractivity contribution < 1.29 is 16.8 Å². The molecule has 0 fully saturated rings. The predicted octanol–water partition coefficient (Wildman–Crippen LogP) is 3.39. The molecule has 2 heterocycles. The van der Waals surface area contributed by atoms with Crippen LogP contribution < -0.4 is 9.44 Å². The maximum absolute atomic E-state index is 12.6. The van der Waals surface area contributed by atoms with E-state index in [1.54, 1.807) is 11.4 Å². The van der Waals surface area contributed by atoms with Gasteiger partial charge in [-0.2, -0.15) is 13.5 Å². The molecule has 0 amide bonds. The largest absolute Gasteiger partial charge is 0.279 e. The molecule has 0 aliphatic heterocycles. The molecular formula is C14H12Cl2N4O4S3. The van der Waals surface area contributed by atoms with E-state index in [1.807, 2.05) is 0 Å². The van der Waals surface area contributed by atoms with Crippen molar-refractivity contribution in [3.63, 3.8) is 0 Å². The summed E-state index contributed by atoms with van der Waals surface area (Å²) in [6.45, 7) is 0. The average molecular weight is 467 g/mol. The van der Waals surface area contributed by atoms with Crippen LogP contribution in [0.2, 0.25) is 10.0 Å². The lowest BCUT2D eigenvalue weighted by Gasteiger charge is -2.15. The second kappa shape index (κ2) is 7.32. The van der Waals surface area contributed by atoms with Crippen LogP contribution in [0.5, 0.6) is 0 Å². The van der Waals surface area contributed by atoms with E-state index in [2.05, 4.69) is 14.5 Å². The first-order valence-corrected chi connectivity index (χ1v) is 11.8. The molecular weight excluding hydrogens is 455 g/mol. The van der Waals surface area contributed by atoms with Crippen molar-refractivity contribution in [1.29, 1.82) is 0 Å². The maximum Gasteiger partial charge on any atom is 0.279 e. The van der Waals surface area contributed by atoms with Crippen LogP contribution in [0.25, 0.3) is 0 Å². The molecule has 1 aromatic carbocycles. The molecule has 144 valence electrons. The normalized spacial score (nSPS) is 12.1. The highest BCUT2D eigenvalue weighted by molar-refractivity contribution is 7.94. The fourth-order valence-corrected chi connectivity index (χ4v) is 5.74. The molecule has 13 heteroatoms. The van der Waals surface area contributed by atoms with Crippen molar-refractivity contribution in [3.8, 4) is 0 Å². The molecule has 27 heavy (non-hydrogen) atoms. The molecule has 8 nitrogen and oxygen atoms in total. The van der Waals surface area contributed by atoms with E-state index in [1.165, 1.54) is 37.5 Å². The maximum atomic E-state index is 12.6. The minimum atomic E-state index is -4.05. The van der Waals surface area contributed by atoms with Crippen LogP contribution in [0.3, 0.4) is 0 Å². The number of anilines is 2. The van der Waals surface area contributed by atoms with Crippen molar-refractivity contribution >= 4 is 66.0 Å². The van der Waals surface area contributed by atoms with E-state index in [0.717, 1.165) is 16.0 Å². The molecule has 0 aliphatic carbocycles. The Labute approximate surface area is 169 Å². The monoisotopic (exact) mass is 466 g/mol. The van der Waals surface area contributed by atoms with Crippen molar-refractivity contribution in [2.75, 3.05) is 9.44 Å². The van der Waals surface area contributed by atoms with Gasteiger partial charge in [-0.25, -0.2) is 8.42 Å². The van der Waals surface area contributed by atoms with Crippen LogP contribution in [0.15, 0.2) is 51.1 Å². The predicted molar refractivity (Wildman–Crippen MR) is 106 cm³/mol. The summed E-state index contributed by atoms with van der Waals surface area (Å²) in [5, 5.41) is 5.42. The van der Waals surface area contributed by atoms with Crippen LogP contribution in [-0.4, -0.2) is 26.6 Å². The van der Waals surface area contributed by atoms with Gasteiger partial charge in [0.15, 0.2) is 5.03 Å². The second-order valence-electron chi connectivity index (χ2n) is 5.25. The van der Waals surface area contributed by atoms with E-state index < -0.39 is 20.0 Å². The van der Waals surface area contributed by atoms with Crippen molar-refractivity contribution in [3.05, 3.63) is 52.0 Å². The van der Waals surface area contributed by atoms with Gasteiger partial charge in [-0.3, -0.25) is 14.1 Å². The second-order valence-corrected chi connectivity index (χ2v) is 10.5. The lowest BCUT2D eigenvalue weighted by Crippen LogP contribution is -2.19. The van der Waals surface area contributed by atoms with Gasteiger partial charge in [-0.15, -0.1) is 11.3 Å². The molecule has 0 radical (unpaired) electrons. The van der Waals surface area contributed by atoms with E-state index in [-0.39, 0.29) is 30.7 Å². The molecule has 2 aromatic heterocycles. The Morgan fingerprint density at radius 1 is 1.00 bits per heavy atom. The highest BCUT2D eigenvalue weighted by atomic mass is 35.5. The van der Waals surface area contributed by atoms with Gasteiger partial charge in [0.25, 0.3) is 20.0 Å². The molecule has 0 bridgehead atoms. The summed E-state index contributed by atoms with van der Waals surface area (Å²) < 4.78 is 56.1. The Kier molecular flexibility index (Phi) is 5.41. The molecule has 0 aliphatic rings. The molecule has 3 rings (SSSR count). The molecule has 0 saturated heterocycles. The van der Waals surface area contributed by atoms with Gasteiger partial charge >= 0.3 is 0 Å². The van der Waals surface area contributed by atoms with Crippen LogP contribution in [0.4, 0.5) is 11.4 Å². The number of thiophene rings is 1. The topological polar surface area (TPSA) is 110 Å². The Bertz CT molecular complexity index is 1190.